The Hall–Kier alpha value is -2.64. The number of nitrogens with zero attached hydrogens (tertiary/aromatic N) is 5. The van der Waals surface area contributed by atoms with Gasteiger partial charge in [-0.1, -0.05) is 6.92 Å². The second kappa shape index (κ2) is 5.63. The summed E-state index contributed by atoms with van der Waals surface area (Å²) in [6.45, 7) is 3.39. The summed E-state index contributed by atoms with van der Waals surface area (Å²) in [4.78, 5) is 30.0. The smallest absolute Gasteiger partial charge is 0.266 e. The van der Waals surface area contributed by atoms with Gasteiger partial charge in [0.25, 0.3) is 5.91 Å². The van der Waals surface area contributed by atoms with Gasteiger partial charge >= 0.3 is 0 Å². The highest BCUT2D eigenvalue weighted by molar-refractivity contribution is 5.91. The van der Waals surface area contributed by atoms with Gasteiger partial charge in [-0.15, -0.1) is 0 Å². The monoisotopic (exact) mass is 302 g/mol. The van der Waals surface area contributed by atoms with Crippen LogP contribution in [-0.2, 0) is 17.9 Å². The molecule has 3 rings (SSSR count). The Kier molecular flexibility index (Phi) is 3.66. The number of carbonyl (C=O) groups excluding carboxylic acids is 2. The lowest BCUT2D eigenvalue weighted by Gasteiger charge is -2.31. The predicted molar refractivity (Wildman–Crippen MR) is 77.7 cm³/mol. The molecule has 116 valence electrons. The summed E-state index contributed by atoms with van der Waals surface area (Å²) in [6, 6.07) is 1.49. The van der Waals surface area contributed by atoms with E-state index in [1.165, 1.54) is 6.20 Å². The van der Waals surface area contributed by atoms with E-state index < -0.39 is 5.91 Å². The molecule has 2 aromatic rings. The molecular formula is C14H18N6O2. The summed E-state index contributed by atoms with van der Waals surface area (Å²) in [5.74, 6) is 0.200. The van der Waals surface area contributed by atoms with Crippen LogP contribution >= 0.6 is 0 Å². The van der Waals surface area contributed by atoms with Gasteiger partial charge in [0.05, 0.1) is 12.7 Å². The van der Waals surface area contributed by atoms with E-state index in [-0.39, 0.29) is 11.9 Å². The third-order valence-corrected chi connectivity index (χ3v) is 3.94. The van der Waals surface area contributed by atoms with E-state index in [1.54, 1.807) is 32.6 Å². The summed E-state index contributed by atoms with van der Waals surface area (Å²) in [7, 11) is 0. The highest BCUT2D eigenvalue weighted by atomic mass is 16.2. The molecule has 8 nitrogen and oxygen atoms in total. The van der Waals surface area contributed by atoms with Crippen LogP contribution in [0.1, 0.15) is 35.7 Å². The maximum atomic E-state index is 12.7. The van der Waals surface area contributed by atoms with Crippen LogP contribution < -0.4 is 5.73 Å². The first-order valence-corrected chi connectivity index (χ1v) is 7.24. The number of carbonyl (C=O) groups is 2. The van der Waals surface area contributed by atoms with Crippen molar-refractivity contribution >= 4 is 11.8 Å². The molecule has 2 N–H and O–H groups in total. The average molecular weight is 302 g/mol. The Morgan fingerprint density at radius 2 is 2.23 bits per heavy atom. The molecule has 0 saturated carbocycles. The minimum absolute atomic E-state index is 0.0149. The molecule has 22 heavy (non-hydrogen) atoms. The van der Waals surface area contributed by atoms with Crippen molar-refractivity contribution in [1.82, 2.24) is 24.2 Å². The molecule has 0 fully saturated rings. The van der Waals surface area contributed by atoms with Crippen molar-refractivity contribution in [2.75, 3.05) is 6.54 Å². The molecule has 1 aliphatic heterocycles. The highest BCUT2D eigenvalue weighted by Gasteiger charge is 2.29. The molecule has 0 aromatic carbocycles. The van der Waals surface area contributed by atoms with Gasteiger partial charge < -0.3 is 15.2 Å². The van der Waals surface area contributed by atoms with Gasteiger partial charge in [0, 0.05) is 25.5 Å². The number of fused-ring (bicyclic) bond motifs is 1. The van der Waals surface area contributed by atoms with Gasteiger partial charge in [-0.25, -0.2) is 4.98 Å². The fraction of sp³-hybridized carbons (Fsp3) is 0.429. The number of primary amides is 1. The van der Waals surface area contributed by atoms with E-state index in [2.05, 4.69) is 10.1 Å². The quantitative estimate of drug-likeness (QED) is 0.870. The minimum atomic E-state index is -0.499. The van der Waals surface area contributed by atoms with E-state index in [4.69, 9.17) is 5.73 Å². The van der Waals surface area contributed by atoms with Crippen LogP contribution in [0.15, 0.2) is 24.7 Å². The first kappa shape index (κ1) is 14.3. The third kappa shape index (κ3) is 2.36. The minimum Gasteiger partial charge on any atom is -0.364 e. The molecular weight excluding hydrogens is 284 g/mol. The molecule has 2 aromatic heterocycles. The van der Waals surface area contributed by atoms with E-state index in [0.717, 1.165) is 0 Å². The Bertz CT molecular complexity index is 690. The molecule has 0 unspecified atom stereocenters. The predicted octanol–water partition coefficient (Wildman–Crippen LogP) is 0.172. The van der Waals surface area contributed by atoms with Crippen LogP contribution in [0.3, 0.4) is 0 Å². The molecule has 0 saturated heterocycles. The Labute approximate surface area is 127 Å². The largest absolute Gasteiger partial charge is 0.364 e. The zero-order chi connectivity index (χ0) is 15.7. The van der Waals surface area contributed by atoms with Crippen molar-refractivity contribution in [3.05, 3.63) is 36.2 Å². The molecule has 0 spiro atoms. The van der Waals surface area contributed by atoms with Crippen LogP contribution in [0.2, 0.25) is 0 Å². The number of nitrogens with two attached hydrogens (primary N) is 1. The summed E-state index contributed by atoms with van der Waals surface area (Å²) in [5, 5.41) is 4.16. The van der Waals surface area contributed by atoms with E-state index >= 15 is 0 Å². The molecule has 0 radical (unpaired) electrons. The van der Waals surface area contributed by atoms with Crippen molar-refractivity contribution in [3.63, 3.8) is 0 Å². The van der Waals surface area contributed by atoms with Gasteiger partial charge in [-0.3, -0.25) is 14.3 Å². The van der Waals surface area contributed by atoms with Gasteiger partial charge in [0.15, 0.2) is 0 Å². The number of imidazole rings is 1. The molecule has 2 amide bonds. The SMILES string of the molecule is CC[C@@H](C(=O)N1CCn2c(C(N)=O)cnc2C1)n1cccn1. The zero-order valence-electron chi connectivity index (χ0n) is 12.3. The van der Waals surface area contributed by atoms with E-state index in [1.807, 2.05) is 6.92 Å². The summed E-state index contributed by atoms with van der Waals surface area (Å²) in [6.07, 6.45) is 5.59. The topological polar surface area (TPSA) is 99.0 Å². The van der Waals surface area contributed by atoms with E-state index in [9.17, 15) is 9.59 Å². The van der Waals surface area contributed by atoms with Crippen LogP contribution in [0.25, 0.3) is 0 Å². The normalized spacial score (nSPS) is 15.4. The summed E-state index contributed by atoms with van der Waals surface area (Å²) < 4.78 is 3.46. The van der Waals surface area contributed by atoms with Crippen molar-refractivity contribution < 1.29 is 9.59 Å². The average Bonchev–Trinajstić information content (AvgIpc) is 3.16. The zero-order valence-corrected chi connectivity index (χ0v) is 12.3. The third-order valence-electron chi connectivity index (χ3n) is 3.94. The van der Waals surface area contributed by atoms with Crippen LogP contribution in [0.5, 0.6) is 0 Å². The Balaban J connectivity index is 1.79. The first-order chi connectivity index (χ1) is 10.6. The van der Waals surface area contributed by atoms with E-state index in [0.29, 0.717) is 37.6 Å². The molecule has 1 atom stereocenters. The van der Waals surface area contributed by atoms with Crippen LogP contribution in [-0.4, -0.2) is 42.6 Å². The molecule has 0 aliphatic carbocycles. The van der Waals surface area contributed by atoms with Crippen molar-refractivity contribution in [2.24, 2.45) is 5.73 Å². The highest BCUT2D eigenvalue weighted by Crippen LogP contribution is 2.19. The van der Waals surface area contributed by atoms with Crippen molar-refractivity contribution in [3.8, 4) is 0 Å². The summed E-state index contributed by atoms with van der Waals surface area (Å²) >= 11 is 0. The molecule has 3 heterocycles. The second-order valence-electron chi connectivity index (χ2n) is 5.25. The maximum Gasteiger partial charge on any atom is 0.266 e. The van der Waals surface area contributed by atoms with Crippen LogP contribution in [0.4, 0.5) is 0 Å². The number of aromatic nitrogens is 4. The van der Waals surface area contributed by atoms with Gasteiger partial charge in [-0.2, -0.15) is 5.10 Å². The van der Waals surface area contributed by atoms with Gasteiger partial charge in [0.2, 0.25) is 5.91 Å². The van der Waals surface area contributed by atoms with Gasteiger partial charge in [0.1, 0.15) is 17.6 Å². The lowest BCUT2D eigenvalue weighted by molar-refractivity contribution is -0.136. The Morgan fingerprint density at radius 3 is 2.86 bits per heavy atom. The lowest BCUT2D eigenvalue weighted by atomic mass is 10.2. The molecule has 0 bridgehead atoms. The van der Waals surface area contributed by atoms with Gasteiger partial charge in [-0.05, 0) is 12.5 Å². The van der Waals surface area contributed by atoms with Crippen molar-refractivity contribution in [1.29, 1.82) is 0 Å². The number of rotatable bonds is 4. The second-order valence-corrected chi connectivity index (χ2v) is 5.25. The fourth-order valence-electron chi connectivity index (χ4n) is 2.80. The molecule has 1 aliphatic rings. The van der Waals surface area contributed by atoms with Crippen LogP contribution in [0, 0.1) is 0 Å². The number of amides is 2. The number of hydrogen-bond donors (Lipinski definition) is 1. The number of hydrogen-bond acceptors (Lipinski definition) is 4. The lowest BCUT2D eigenvalue weighted by Crippen LogP contribution is -2.43. The maximum absolute atomic E-state index is 12.7. The fourth-order valence-corrected chi connectivity index (χ4v) is 2.80. The summed E-state index contributed by atoms with van der Waals surface area (Å²) in [5.41, 5.74) is 5.71. The Morgan fingerprint density at radius 1 is 1.41 bits per heavy atom. The van der Waals surface area contributed by atoms with Crippen molar-refractivity contribution in [2.45, 2.75) is 32.5 Å². The molecule has 8 heteroatoms. The standard InChI is InChI=1S/C14H18N6O2/c1-2-10(20-5-3-4-17-20)14(22)18-6-7-19-11(13(15)21)8-16-12(19)9-18/h3-5,8,10H,2,6-7,9H2,1H3,(H2,15,21)/t10-/m0/s1. The first-order valence-electron chi connectivity index (χ1n) is 7.24.